The maximum Gasteiger partial charge on any atom is 0.124 e. The molecule has 17 heavy (non-hydrogen) atoms. The van der Waals surface area contributed by atoms with Gasteiger partial charge in [-0.25, -0.2) is 0 Å². The van der Waals surface area contributed by atoms with E-state index in [0.717, 1.165) is 20.7 Å². The van der Waals surface area contributed by atoms with Gasteiger partial charge in [-0.05, 0) is 51.1 Å². The van der Waals surface area contributed by atoms with Crippen molar-refractivity contribution in [2.45, 2.75) is 6.04 Å². The molecule has 1 aromatic heterocycles. The van der Waals surface area contributed by atoms with Crippen molar-refractivity contribution in [3.63, 3.8) is 0 Å². The number of hydrogen-bond acceptors (Lipinski definition) is 3. The minimum absolute atomic E-state index is 0.230. The quantitative estimate of drug-likeness (QED) is 0.913. The molecule has 2 rings (SSSR count). The molecule has 0 bridgehead atoms. The molecule has 90 valence electrons. The van der Waals surface area contributed by atoms with Gasteiger partial charge >= 0.3 is 0 Å². The summed E-state index contributed by atoms with van der Waals surface area (Å²) in [5.41, 5.74) is 8.16. The Morgan fingerprint density at radius 2 is 2.18 bits per heavy atom. The van der Waals surface area contributed by atoms with Gasteiger partial charge in [0.1, 0.15) is 5.75 Å². The van der Waals surface area contributed by atoms with Crippen LogP contribution >= 0.6 is 38.9 Å². The molecule has 2 N–H and O–H groups in total. The first-order chi connectivity index (χ1) is 8.11. The monoisotopic (exact) mass is 331 g/mol. The van der Waals surface area contributed by atoms with E-state index in [1.165, 1.54) is 0 Å². The first-order valence-corrected chi connectivity index (χ1v) is 7.00. The van der Waals surface area contributed by atoms with Crippen LogP contribution in [-0.2, 0) is 0 Å². The summed E-state index contributed by atoms with van der Waals surface area (Å²) in [6.07, 6.45) is 0. The average molecular weight is 333 g/mol. The van der Waals surface area contributed by atoms with Gasteiger partial charge in [-0.3, -0.25) is 0 Å². The van der Waals surface area contributed by atoms with Crippen molar-refractivity contribution < 1.29 is 4.74 Å². The van der Waals surface area contributed by atoms with E-state index in [-0.39, 0.29) is 6.04 Å². The molecular formula is C12H11BrClNOS. The molecule has 0 aliphatic rings. The summed E-state index contributed by atoms with van der Waals surface area (Å²) >= 11 is 11.0. The fourth-order valence-corrected chi connectivity index (χ4v) is 3.01. The number of methoxy groups -OCH3 is 1. The largest absolute Gasteiger partial charge is 0.496 e. The van der Waals surface area contributed by atoms with Gasteiger partial charge in [0.15, 0.2) is 0 Å². The lowest BCUT2D eigenvalue weighted by molar-refractivity contribution is 0.408. The molecule has 2 aromatic rings. The van der Waals surface area contributed by atoms with Gasteiger partial charge in [0.05, 0.1) is 16.9 Å². The van der Waals surface area contributed by atoms with E-state index in [4.69, 9.17) is 22.1 Å². The molecular weight excluding hydrogens is 322 g/mol. The Hall–Kier alpha value is -0.550. The topological polar surface area (TPSA) is 35.2 Å². The normalized spacial score (nSPS) is 12.5. The first kappa shape index (κ1) is 12.9. The number of thiophene rings is 1. The Morgan fingerprint density at radius 1 is 1.41 bits per heavy atom. The van der Waals surface area contributed by atoms with Gasteiger partial charge in [-0.15, -0.1) is 11.3 Å². The third-order valence-electron chi connectivity index (χ3n) is 2.47. The van der Waals surface area contributed by atoms with Gasteiger partial charge in [0.2, 0.25) is 0 Å². The van der Waals surface area contributed by atoms with Crippen molar-refractivity contribution in [1.29, 1.82) is 0 Å². The molecule has 0 spiro atoms. The smallest absolute Gasteiger partial charge is 0.124 e. The van der Waals surface area contributed by atoms with Crippen LogP contribution in [0.2, 0.25) is 5.02 Å². The van der Waals surface area contributed by atoms with E-state index in [2.05, 4.69) is 15.9 Å². The Morgan fingerprint density at radius 3 is 2.76 bits per heavy atom. The maximum atomic E-state index is 6.22. The summed E-state index contributed by atoms with van der Waals surface area (Å²) in [7, 11) is 1.63. The number of benzene rings is 1. The molecule has 0 fully saturated rings. The lowest BCUT2D eigenvalue weighted by Gasteiger charge is -2.15. The van der Waals surface area contributed by atoms with Crippen molar-refractivity contribution >= 4 is 38.9 Å². The van der Waals surface area contributed by atoms with E-state index in [1.807, 2.05) is 23.6 Å². The van der Waals surface area contributed by atoms with Crippen LogP contribution in [0.1, 0.15) is 17.2 Å². The van der Waals surface area contributed by atoms with E-state index in [1.54, 1.807) is 24.5 Å². The van der Waals surface area contributed by atoms with Crippen LogP contribution in [0.5, 0.6) is 5.75 Å². The maximum absolute atomic E-state index is 6.22. The molecule has 0 amide bonds. The fraction of sp³-hybridized carbons (Fsp3) is 0.167. The van der Waals surface area contributed by atoms with Gasteiger partial charge in [-0.1, -0.05) is 11.6 Å². The highest BCUT2D eigenvalue weighted by Gasteiger charge is 2.15. The van der Waals surface area contributed by atoms with Crippen LogP contribution in [0.25, 0.3) is 0 Å². The Balaban J connectivity index is 2.42. The van der Waals surface area contributed by atoms with Crippen LogP contribution in [0, 0.1) is 0 Å². The number of ether oxygens (including phenoxy) is 1. The van der Waals surface area contributed by atoms with Crippen molar-refractivity contribution in [2.75, 3.05) is 7.11 Å². The lowest BCUT2D eigenvalue weighted by Crippen LogP contribution is -2.12. The summed E-state index contributed by atoms with van der Waals surface area (Å²) in [4.78, 5) is 0. The fourth-order valence-electron chi connectivity index (χ4n) is 1.61. The third-order valence-corrected chi connectivity index (χ3v) is 4.23. The summed E-state index contributed by atoms with van der Waals surface area (Å²) in [5, 5.41) is 2.68. The van der Waals surface area contributed by atoms with Crippen molar-refractivity contribution in [3.8, 4) is 5.75 Å². The van der Waals surface area contributed by atoms with Crippen LogP contribution in [0.4, 0.5) is 0 Å². The number of rotatable bonds is 3. The van der Waals surface area contributed by atoms with E-state index < -0.39 is 0 Å². The molecule has 1 unspecified atom stereocenters. The number of halogens is 2. The predicted molar refractivity (Wildman–Crippen MR) is 76.1 cm³/mol. The van der Waals surface area contributed by atoms with Gasteiger partial charge in [0.25, 0.3) is 0 Å². The number of hydrogen-bond donors (Lipinski definition) is 1. The van der Waals surface area contributed by atoms with Crippen LogP contribution in [0.15, 0.2) is 33.4 Å². The second kappa shape index (κ2) is 5.40. The van der Waals surface area contributed by atoms with Crippen LogP contribution < -0.4 is 10.5 Å². The standard InChI is InChI=1S/C12H11BrClNOS/c1-16-10-3-2-8(14)5-9(10)12(15)7-4-11(13)17-6-7/h2-6,12H,15H2,1H3. The summed E-state index contributed by atoms with van der Waals surface area (Å²) in [6, 6.07) is 7.25. The molecule has 1 aromatic carbocycles. The summed E-state index contributed by atoms with van der Waals surface area (Å²) in [6.45, 7) is 0. The minimum Gasteiger partial charge on any atom is -0.496 e. The second-order valence-corrected chi connectivity index (χ2v) is 6.27. The molecule has 1 atom stereocenters. The highest BCUT2D eigenvalue weighted by molar-refractivity contribution is 9.11. The molecule has 1 heterocycles. The summed E-state index contributed by atoms with van der Waals surface area (Å²) < 4.78 is 6.36. The SMILES string of the molecule is COc1ccc(Cl)cc1C(N)c1csc(Br)c1. The molecule has 5 heteroatoms. The van der Waals surface area contributed by atoms with Crippen molar-refractivity contribution in [1.82, 2.24) is 0 Å². The predicted octanol–water partition coefficient (Wildman–Crippen LogP) is 4.22. The minimum atomic E-state index is -0.230. The Kier molecular flexibility index (Phi) is 4.09. The third kappa shape index (κ3) is 2.83. The highest BCUT2D eigenvalue weighted by atomic mass is 79.9. The lowest BCUT2D eigenvalue weighted by atomic mass is 10.0. The number of nitrogens with two attached hydrogens (primary N) is 1. The Bertz CT molecular complexity index is 529. The highest BCUT2D eigenvalue weighted by Crippen LogP contribution is 2.33. The van der Waals surface area contributed by atoms with E-state index >= 15 is 0 Å². The first-order valence-electron chi connectivity index (χ1n) is 4.94. The molecule has 0 aliphatic carbocycles. The van der Waals surface area contributed by atoms with Crippen LogP contribution in [0.3, 0.4) is 0 Å². The van der Waals surface area contributed by atoms with Crippen LogP contribution in [-0.4, -0.2) is 7.11 Å². The molecule has 2 nitrogen and oxygen atoms in total. The van der Waals surface area contributed by atoms with Gasteiger partial charge in [0, 0.05) is 10.6 Å². The average Bonchev–Trinajstić information content (AvgIpc) is 2.75. The van der Waals surface area contributed by atoms with E-state index in [9.17, 15) is 0 Å². The zero-order valence-electron chi connectivity index (χ0n) is 9.11. The van der Waals surface area contributed by atoms with Crippen molar-refractivity contribution in [2.24, 2.45) is 5.73 Å². The molecule has 0 saturated heterocycles. The molecule has 0 radical (unpaired) electrons. The van der Waals surface area contributed by atoms with E-state index in [0.29, 0.717) is 5.02 Å². The molecule has 0 aliphatic heterocycles. The molecule has 0 saturated carbocycles. The zero-order valence-corrected chi connectivity index (χ0v) is 12.3. The van der Waals surface area contributed by atoms with Gasteiger partial charge < -0.3 is 10.5 Å². The van der Waals surface area contributed by atoms with Gasteiger partial charge in [-0.2, -0.15) is 0 Å². The zero-order chi connectivity index (χ0) is 12.4. The Labute approximate surface area is 117 Å². The summed E-state index contributed by atoms with van der Waals surface area (Å²) in [5.74, 6) is 0.754. The second-order valence-electron chi connectivity index (χ2n) is 3.55. The van der Waals surface area contributed by atoms with Crippen molar-refractivity contribution in [3.05, 3.63) is 49.6 Å².